The monoisotopic (exact) mass is 259 g/mol. The van der Waals surface area contributed by atoms with Crippen LogP contribution in [0, 0.1) is 0 Å². The van der Waals surface area contributed by atoms with Crippen LogP contribution in [0.25, 0.3) is 0 Å². The largest absolute Gasteiger partial charge is 0.490 e. The fourth-order valence-electron chi connectivity index (χ4n) is 2.13. The smallest absolute Gasteiger partial charge is 0.161 e. The molecule has 1 aliphatic rings. The van der Waals surface area contributed by atoms with Gasteiger partial charge in [0.2, 0.25) is 0 Å². The molecule has 1 aromatic carbocycles. The Morgan fingerprint density at radius 1 is 1.26 bits per heavy atom. The second-order valence-electron chi connectivity index (χ2n) is 4.59. The molecule has 0 saturated heterocycles. The summed E-state index contributed by atoms with van der Waals surface area (Å²) in [6, 6.07) is 7.66. The lowest BCUT2D eigenvalue weighted by molar-refractivity contribution is 0.297. The third-order valence-electron chi connectivity index (χ3n) is 3.14. The Kier molecular flexibility index (Phi) is 3.37. The van der Waals surface area contributed by atoms with E-state index in [1.807, 2.05) is 35.1 Å². The van der Waals surface area contributed by atoms with Crippen LogP contribution in [0.15, 0.2) is 36.7 Å². The fourth-order valence-corrected chi connectivity index (χ4v) is 2.13. The summed E-state index contributed by atoms with van der Waals surface area (Å²) < 4.78 is 13.1. The minimum atomic E-state index is -0.114. The Morgan fingerprint density at radius 3 is 2.89 bits per heavy atom. The summed E-state index contributed by atoms with van der Waals surface area (Å²) in [4.78, 5) is 0. The van der Waals surface area contributed by atoms with E-state index in [4.69, 9.17) is 15.2 Å². The van der Waals surface area contributed by atoms with E-state index in [0.717, 1.165) is 23.5 Å². The molecule has 1 atom stereocenters. The van der Waals surface area contributed by atoms with Crippen LogP contribution in [0.2, 0.25) is 0 Å². The zero-order valence-electron chi connectivity index (χ0n) is 10.7. The van der Waals surface area contributed by atoms with E-state index in [0.29, 0.717) is 19.8 Å². The van der Waals surface area contributed by atoms with E-state index in [1.54, 1.807) is 6.20 Å². The van der Waals surface area contributed by atoms with Crippen LogP contribution >= 0.6 is 0 Å². The molecule has 0 spiro atoms. The van der Waals surface area contributed by atoms with Crippen LogP contribution in [0.4, 0.5) is 0 Å². The molecule has 19 heavy (non-hydrogen) atoms. The number of rotatable bonds is 3. The number of nitrogens with zero attached hydrogens (tertiary/aromatic N) is 2. The van der Waals surface area contributed by atoms with Crippen molar-refractivity contribution in [3.8, 4) is 11.5 Å². The lowest BCUT2D eigenvalue weighted by atomic mass is 10.1. The molecule has 2 heterocycles. The molecule has 100 valence electrons. The Balaban J connectivity index is 1.79. The molecular formula is C14H17N3O2. The molecule has 2 aromatic rings. The maximum Gasteiger partial charge on any atom is 0.161 e. The molecule has 0 saturated carbocycles. The van der Waals surface area contributed by atoms with Crippen LogP contribution in [-0.4, -0.2) is 23.0 Å². The molecule has 0 fully saturated rings. The van der Waals surface area contributed by atoms with Crippen LogP contribution in [0.3, 0.4) is 0 Å². The van der Waals surface area contributed by atoms with Crippen LogP contribution < -0.4 is 15.2 Å². The normalized spacial score (nSPS) is 15.8. The summed E-state index contributed by atoms with van der Waals surface area (Å²) in [5.41, 5.74) is 7.23. The second kappa shape index (κ2) is 5.32. The number of hydrogen-bond acceptors (Lipinski definition) is 4. The van der Waals surface area contributed by atoms with Crippen LogP contribution in [0.5, 0.6) is 11.5 Å². The highest BCUT2D eigenvalue weighted by molar-refractivity contribution is 5.44. The molecule has 0 amide bonds. The number of nitrogens with two attached hydrogens (primary N) is 1. The molecule has 1 unspecified atom stereocenters. The molecule has 5 heteroatoms. The zero-order chi connectivity index (χ0) is 13.1. The first-order chi connectivity index (χ1) is 9.33. The van der Waals surface area contributed by atoms with Gasteiger partial charge in [-0.15, -0.1) is 0 Å². The van der Waals surface area contributed by atoms with E-state index in [9.17, 15) is 0 Å². The highest BCUT2D eigenvalue weighted by Gasteiger charge is 2.14. The SMILES string of the molecule is NC(Cn1cccn1)c1ccc2c(c1)OCCCO2. The van der Waals surface area contributed by atoms with Gasteiger partial charge in [-0.1, -0.05) is 6.07 Å². The summed E-state index contributed by atoms with van der Waals surface area (Å²) in [7, 11) is 0. The van der Waals surface area contributed by atoms with Crippen molar-refractivity contribution in [2.45, 2.75) is 19.0 Å². The van der Waals surface area contributed by atoms with Crippen molar-refractivity contribution in [3.05, 3.63) is 42.2 Å². The average Bonchev–Trinajstić information content (AvgIpc) is 2.81. The van der Waals surface area contributed by atoms with Gasteiger partial charge in [-0.3, -0.25) is 4.68 Å². The van der Waals surface area contributed by atoms with Gasteiger partial charge in [0.1, 0.15) is 0 Å². The maximum absolute atomic E-state index is 6.20. The lowest BCUT2D eigenvalue weighted by Gasteiger charge is -2.15. The average molecular weight is 259 g/mol. The fraction of sp³-hybridized carbons (Fsp3) is 0.357. The number of hydrogen-bond donors (Lipinski definition) is 1. The Morgan fingerprint density at radius 2 is 2.11 bits per heavy atom. The van der Waals surface area contributed by atoms with Gasteiger partial charge in [0.05, 0.1) is 19.8 Å². The zero-order valence-corrected chi connectivity index (χ0v) is 10.7. The predicted octanol–water partition coefficient (Wildman–Crippen LogP) is 1.74. The molecule has 0 bridgehead atoms. The molecule has 1 aliphatic heterocycles. The van der Waals surface area contributed by atoms with Gasteiger partial charge in [0.15, 0.2) is 11.5 Å². The topological polar surface area (TPSA) is 62.3 Å². The van der Waals surface area contributed by atoms with Gasteiger partial charge in [0.25, 0.3) is 0 Å². The minimum Gasteiger partial charge on any atom is -0.490 e. The Bertz CT molecular complexity index is 540. The summed E-state index contributed by atoms with van der Waals surface area (Å²) in [5, 5.41) is 4.16. The molecule has 2 N–H and O–H groups in total. The summed E-state index contributed by atoms with van der Waals surface area (Å²) in [6.45, 7) is 2.03. The van der Waals surface area contributed by atoms with Crippen LogP contribution in [-0.2, 0) is 6.54 Å². The van der Waals surface area contributed by atoms with Crippen molar-refractivity contribution in [2.75, 3.05) is 13.2 Å². The molecule has 3 rings (SSSR count). The van der Waals surface area contributed by atoms with Gasteiger partial charge in [-0.2, -0.15) is 5.10 Å². The van der Waals surface area contributed by atoms with Gasteiger partial charge in [-0.25, -0.2) is 0 Å². The van der Waals surface area contributed by atoms with Crippen molar-refractivity contribution in [2.24, 2.45) is 5.73 Å². The molecule has 1 aromatic heterocycles. The van der Waals surface area contributed by atoms with Crippen LogP contribution in [0.1, 0.15) is 18.0 Å². The first-order valence-electron chi connectivity index (χ1n) is 6.45. The lowest BCUT2D eigenvalue weighted by Crippen LogP contribution is -2.18. The third kappa shape index (κ3) is 2.71. The van der Waals surface area contributed by atoms with E-state index in [1.165, 1.54) is 0 Å². The molecular weight excluding hydrogens is 242 g/mol. The molecule has 5 nitrogen and oxygen atoms in total. The Labute approximate surface area is 111 Å². The van der Waals surface area contributed by atoms with Crippen molar-refractivity contribution >= 4 is 0 Å². The van der Waals surface area contributed by atoms with Crippen molar-refractivity contribution < 1.29 is 9.47 Å². The van der Waals surface area contributed by atoms with E-state index in [2.05, 4.69) is 5.10 Å². The third-order valence-corrected chi connectivity index (χ3v) is 3.14. The standard InChI is InChI=1S/C14H17N3O2/c15-12(10-17-6-1-5-16-17)11-3-4-13-14(9-11)19-8-2-7-18-13/h1,3-6,9,12H,2,7-8,10,15H2. The number of benzene rings is 1. The summed E-state index contributed by atoms with van der Waals surface area (Å²) in [6.07, 6.45) is 4.56. The maximum atomic E-state index is 6.20. The highest BCUT2D eigenvalue weighted by Crippen LogP contribution is 2.32. The number of ether oxygens (including phenoxy) is 2. The van der Waals surface area contributed by atoms with Gasteiger partial charge in [0, 0.05) is 24.9 Å². The number of aromatic nitrogens is 2. The predicted molar refractivity (Wildman–Crippen MR) is 71.2 cm³/mol. The summed E-state index contributed by atoms with van der Waals surface area (Å²) >= 11 is 0. The number of fused-ring (bicyclic) bond motifs is 1. The first kappa shape index (κ1) is 12.0. The van der Waals surface area contributed by atoms with E-state index >= 15 is 0 Å². The highest BCUT2D eigenvalue weighted by atomic mass is 16.5. The van der Waals surface area contributed by atoms with E-state index < -0.39 is 0 Å². The minimum absolute atomic E-state index is 0.114. The van der Waals surface area contributed by atoms with Gasteiger partial charge in [-0.05, 0) is 23.8 Å². The van der Waals surface area contributed by atoms with E-state index in [-0.39, 0.29) is 6.04 Å². The van der Waals surface area contributed by atoms with Gasteiger partial charge < -0.3 is 15.2 Å². The molecule has 0 aliphatic carbocycles. The van der Waals surface area contributed by atoms with Crippen molar-refractivity contribution in [1.82, 2.24) is 9.78 Å². The van der Waals surface area contributed by atoms with Gasteiger partial charge >= 0.3 is 0 Å². The second-order valence-corrected chi connectivity index (χ2v) is 4.59. The van der Waals surface area contributed by atoms with Crippen molar-refractivity contribution in [1.29, 1.82) is 0 Å². The summed E-state index contributed by atoms with van der Waals surface area (Å²) in [5.74, 6) is 1.58. The molecule has 0 radical (unpaired) electrons. The Hall–Kier alpha value is -2.01. The first-order valence-corrected chi connectivity index (χ1v) is 6.45. The van der Waals surface area contributed by atoms with Crippen molar-refractivity contribution in [3.63, 3.8) is 0 Å². The quantitative estimate of drug-likeness (QED) is 0.912.